The highest BCUT2D eigenvalue weighted by atomic mass is 32.2. The summed E-state index contributed by atoms with van der Waals surface area (Å²) in [6.45, 7) is 5.54. The molecule has 3 aromatic carbocycles. The van der Waals surface area contributed by atoms with Crippen LogP contribution in [0.1, 0.15) is 37.0 Å². The zero-order chi connectivity index (χ0) is 25.3. The predicted octanol–water partition coefficient (Wildman–Crippen LogP) is 6.12. The van der Waals surface area contributed by atoms with E-state index in [9.17, 15) is 10.1 Å². The lowest BCUT2D eigenvalue weighted by molar-refractivity contribution is -0.126. The number of nitriles is 1. The number of hydrogen-bond donors (Lipinski definition) is 0. The monoisotopic (exact) mass is 499 g/mol. The minimum absolute atomic E-state index is 0.0659. The summed E-state index contributed by atoms with van der Waals surface area (Å²) in [4.78, 5) is 19.9. The van der Waals surface area contributed by atoms with E-state index >= 15 is 0 Å². The highest BCUT2D eigenvalue weighted by molar-refractivity contribution is 8.15. The average Bonchev–Trinajstić information content (AvgIpc) is 3.18. The Kier molecular flexibility index (Phi) is 8.64. The largest absolute Gasteiger partial charge is 0.494 e. The number of thioether (sulfide) groups is 1. The number of para-hydroxylation sites is 1. The molecule has 0 bridgehead atoms. The maximum absolute atomic E-state index is 13.3. The van der Waals surface area contributed by atoms with E-state index in [0.29, 0.717) is 31.7 Å². The summed E-state index contributed by atoms with van der Waals surface area (Å²) < 4.78 is 11.6. The number of carbonyl (C=O) groups excluding carboxylic acids is 1. The molecule has 0 N–H and O–H groups in total. The van der Waals surface area contributed by atoms with Crippen LogP contribution in [0.15, 0.2) is 77.8 Å². The molecule has 1 aliphatic rings. The fourth-order valence-electron chi connectivity index (χ4n) is 3.97. The Hall–Kier alpha value is -3.76. The van der Waals surface area contributed by atoms with Gasteiger partial charge < -0.3 is 9.47 Å². The minimum atomic E-state index is -0.283. The Bertz CT molecular complexity index is 1270. The molecule has 1 heterocycles. The SMILES string of the molecule is CCCN1C(=O)[C@@H](Cc2ccccc2OCc2ccccc2C#N)SC1=Nc1ccc(OCC)cc1. The average molecular weight is 500 g/mol. The molecule has 0 saturated carbocycles. The Morgan fingerprint density at radius 1 is 0.972 bits per heavy atom. The first-order valence-corrected chi connectivity index (χ1v) is 13.0. The highest BCUT2D eigenvalue weighted by Crippen LogP contribution is 2.34. The van der Waals surface area contributed by atoms with Crippen LogP contribution in [0.4, 0.5) is 5.69 Å². The van der Waals surface area contributed by atoms with Crippen LogP contribution >= 0.6 is 11.8 Å². The van der Waals surface area contributed by atoms with Gasteiger partial charge in [0.2, 0.25) is 5.91 Å². The molecule has 0 aromatic heterocycles. The zero-order valence-electron chi connectivity index (χ0n) is 20.5. The normalized spacial score (nSPS) is 16.2. The predicted molar refractivity (Wildman–Crippen MR) is 144 cm³/mol. The molecule has 36 heavy (non-hydrogen) atoms. The van der Waals surface area contributed by atoms with Crippen molar-refractivity contribution in [1.29, 1.82) is 5.26 Å². The van der Waals surface area contributed by atoms with E-state index < -0.39 is 0 Å². The topological polar surface area (TPSA) is 74.9 Å². The Balaban J connectivity index is 1.51. The number of ether oxygens (including phenoxy) is 2. The van der Waals surface area contributed by atoms with Crippen LogP contribution in [0.3, 0.4) is 0 Å². The molecular formula is C29H29N3O3S. The third-order valence-electron chi connectivity index (χ3n) is 5.74. The Morgan fingerprint density at radius 3 is 2.42 bits per heavy atom. The number of carbonyl (C=O) groups is 1. The fraction of sp³-hybridized carbons (Fsp3) is 0.276. The van der Waals surface area contributed by atoms with Gasteiger partial charge in [-0.15, -0.1) is 0 Å². The summed E-state index contributed by atoms with van der Waals surface area (Å²) >= 11 is 1.50. The van der Waals surface area contributed by atoms with Crippen LogP contribution in [0, 0.1) is 11.3 Å². The Morgan fingerprint density at radius 2 is 1.69 bits per heavy atom. The quantitative estimate of drug-likeness (QED) is 0.336. The number of hydrogen-bond acceptors (Lipinski definition) is 6. The molecule has 6 nitrogen and oxygen atoms in total. The second-order valence-corrected chi connectivity index (χ2v) is 9.46. The van der Waals surface area contributed by atoms with Crippen LogP contribution in [-0.4, -0.2) is 34.4 Å². The van der Waals surface area contributed by atoms with E-state index in [1.54, 1.807) is 11.0 Å². The van der Waals surface area contributed by atoms with Gasteiger partial charge in [0, 0.05) is 12.1 Å². The number of benzene rings is 3. The van der Waals surface area contributed by atoms with Crippen LogP contribution < -0.4 is 9.47 Å². The van der Waals surface area contributed by atoms with Gasteiger partial charge in [-0.25, -0.2) is 4.99 Å². The standard InChI is InChI=1S/C29H29N3O3S/c1-3-17-32-28(33)27(36-29(32)31-24-13-15-25(16-14-24)34-4-2)18-21-9-7-8-12-26(21)35-20-23-11-6-5-10-22(23)19-30/h5-16,27H,3-4,17-18,20H2,1-2H3/t27-/m1/s1. The van der Waals surface area contributed by atoms with Crippen molar-refractivity contribution in [3.05, 3.63) is 89.5 Å². The van der Waals surface area contributed by atoms with Gasteiger partial charge in [-0.05, 0) is 61.7 Å². The lowest BCUT2D eigenvalue weighted by atomic mass is 10.1. The molecule has 1 aliphatic heterocycles. The van der Waals surface area contributed by atoms with Crippen molar-refractivity contribution in [3.63, 3.8) is 0 Å². The van der Waals surface area contributed by atoms with Crippen molar-refractivity contribution in [2.45, 2.75) is 38.5 Å². The van der Waals surface area contributed by atoms with Crippen molar-refractivity contribution in [3.8, 4) is 17.6 Å². The lowest BCUT2D eigenvalue weighted by Gasteiger charge is -2.16. The molecule has 1 amide bonds. The number of amides is 1. The van der Waals surface area contributed by atoms with Crippen LogP contribution in [0.5, 0.6) is 11.5 Å². The van der Waals surface area contributed by atoms with Crippen LogP contribution in [0.2, 0.25) is 0 Å². The Labute approximate surface area is 216 Å². The first kappa shape index (κ1) is 25.3. The van der Waals surface area contributed by atoms with Gasteiger partial charge in [0.1, 0.15) is 18.1 Å². The number of aliphatic imine (C=N–C) groups is 1. The molecule has 1 saturated heterocycles. The van der Waals surface area contributed by atoms with E-state index in [4.69, 9.17) is 14.5 Å². The first-order valence-electron chi connectivity index (χ1n) is 12.1. The van der Waals surface area contributed by atoms with Crippen molar-refractivity contribution in [1.82, 2.24) is 4.90 Å². The molecule has 4 rings (SSSR count). The van der Waals surface area contributed by atoms with Gasteiger partial charge >= 0.3 is 0 Å². The summed E-state index contributed by atoms with van der Waals surface area (Å²) in [5.41, 5.74) is 3.17. The van der Waals surface area contributed by atoms with E-state index in [1.807, 2.05) is 73.7 Å². The molecule has 1 fully saturated rings. The van der Waals surface area contributed by atoms with Gasteiger partial charge in [-0.3, -0.25) is 9.69 Å². The van der Waals surface area contributed by atoms with Gasteiger partial charge in [-0.1, -0.05) is 55.1 Å². The molecule has 0 unspecified atom stereocenters. The number of rotatable bonds is 10. The molecule has 1 atom stereocenters. The van der Waals surface area contributed by atoms with Gasteiger partial charge in [-0.2, -0.15) is 5.26 Å². The summed E-state index contributed by atoms with van der Waals surface area (Å²) in [7, 11) is 0. The fourth-order valence-corrected chi connectivity index (χ4v) is 5.18. The molecule has 0 aliphatic carbocycles. The second-order valence-electron chi connectivity index (χ2n) is 8.29. The van der Waals surface area contributed by atoms with Gasteiger partial charge in [0.25, 0.3) is 0 Å². The van der Waals surface area contributed by atoms with Gasteiger partial charge in [0.15, 0.2) is 5.17 Å². The summed E-state index contributed by atoms with van der Waals surface area (Å²) in [5, 5.41) is 9.79. The van der Waals surface area contributed by atoms with Crippen LogP contribution in [-0.2, 0) is 17.8 Å². The highest BCUT2D eigenvalue weighted by Gasteiger charge is 2.37. The molecular weight excluding hydrogens is 470 g/mol. The van der Waals surface area contributed by atoms with Crippen molar-refractivity contribution in [2.24, 2.45) is 4.99 Å². The first-order chi connectivity index (χ1) is 17.6. The lowest BCUT2D eigenvalue weighted by Crippen LogP contribution is -2.33. The maximum Gasteiger partial charge on any atom is 0.242 e. The van der Waals surface area contributed by atoms with E-state index in [1.165, 1.54) is 11.8 Å². The van der Waals surface area contributed by atoms with Crippen molar-refractivity contribution < 1.29 is 14.3 Å². The van der Waals surface area contributed by atoms with E-state index in [2.05, 4.69) is 13.0 Å². The maximum atomic E-state index is 13.3. The summed E-state index contributed by atoms with van der Waals surface area (Å²) in [5.74, 6) is 1.59. The molecule has 3 aromatic rings. The second kappa shape index (κ2) is 12.3. The smallest absolute Gasteiger partial charge is 0.242 e. The zero-order valence-corrected chi connectivity index (χ0v) is 21.3. The summed E-state index contributed by atoms with van der Waals surface area (Å²) in [6.07, 6.45) is 1.38. The molecule has 0 spiro atoms. The van der Waals surface area contributed by atoms with E-state index in [0.717, 1.165) is 39.9 Å². The molecule has 184 valence electrons. The molecule has 0 radical (unpaired) electrons. The minimum Gasteiger partial charge on any atom is -0.494 e. The third kappa shape index (κ3) is 6.07. The summed E-state index contributed by atoms with van der Waals surface area (Å²) in [6, 6.07) is 25.0. The third-order valence-corrected chi connectivity index (χ3v) is 6.91. The van der Waals surface area contributed by atoms with Crippen LogP contribution in [0.25, 0.3) is 0 Å². The van der Waals surface area contributed by atoms with Crippen molar-refractivity contribution >= 4 is 28.5 Å². The number of amidine groups is 1. The van der Waals surface area contributed by atoms with Gasteiger partial charge in [0.05, 0.1) is 29.2 Å². The number of nitrogens with zero attached hydrogens (tertiary/aromatic N) is 3. The molecule has 7 heteroatoms. The van der Waals surface area contributed by atoms with Crippen molar-refractivity contribution in [2.75, 3.05) is 13.2 Å². The van der Waals surface area contributed by atoms with E-state index in [-0.39, 0.29) is 11.2 Å².